The monoisotopic (exact) mass is 270 g/mol. The molecule has 0 radical (unpaired) electrons. The second-order valence-corrected chi connectivity index (χ2v) is 6.07. The van der Waals surface area contributed by atoms with Gasteiger partial charge in [-0.1, -0.05) is 20.8 Å². The summed E-state index contributed by atoms with van der Waals surface area (Å²) in [6.07, 6.45) is 2.04. The van der Waals surface area contributed by atoms with E-state index in [0.717, 1.165) is 12.8 Å². The Balaban J connectivity index is 2.64. The first-order chi connectivity index (χ1) is 8.86. The Morgan fingerprint density at radius 3 is 2.53 bits per heavy atom. The van der Waals surface area contributed by atoms with E-state index < -0.39 is 12.0 Å². The molecule has 0 aliphatic carbocycles. The third-order valence-corrected chi connectivity index (χ3v) is 3.87. The van der Waals surface area contributed by atoms with E-state index in [-0.39, 0.29) is 17.7 Å². The molecular formula is C14H26N2O3. The smallest absolute Gasteiger partial charge is 0.326 e. The molecule has 5 heteroatoms. The highest BCUT2D eigenvalue weighted by Crippen LogP contribution is 2.26. The molecule has 0 saturated carbocycles. The summed E-state index contributed by atoms with van der Waals surface area (Å²) in [6.45, 7) is 7.12. The van der Waals surface area contributed by atoms with E-state index in [2.05, 4.69) is 13.8 Å². The first-order valence-corrected chi connectivity index (χ1v) is 7.09. The van der Waals surface area contributed by atoms with Crippen molar-refractivity contribution in [2.45, 2.75) is 46.1 Å². The van der Waals surface area contributed by atoms with E-state index in [1.54, 1.807) is 0 Å². The number of nitrogens with zero attached hydrogens (tertiary/aromatic N) is 1. The molecule has 1 rings (SSSR count). The van der Waals surface area contributed by atoms with Crippen LogP contribution in [0.25, 0.3) is 0 Å². The Kier molecular flexibility index (Phi) is 5.79. The van der Waals surface area contributed by atoms with Gasteiger partial charge in [0.1, 0.15) is 6.04 Å². The minimum atomic E-state index is -0.897. The van der Waals surface area contributed by atoms with Crippen LogP contribution in [0.4, 0.5) is 0 Å². The Labute approximate surface area is 115 Å². The second kappa shape index (κ2) is 6.89. The van der Waals surface area contributed by atoms with Crippen LogP contribution >= 0.6 is 0 Å². The van der Waals surface area contributed by atoms with Gasteiger partial charge in [0.15, 0.2) is 0 Å². The molecular weight excluding hydrogens is 244 g/mol. The fourth-order valence-corrected chi connectivity index (χ4v) is 2.90. The van der Waals surface area contributed by atoms with Crippen LogP contribution in [-0.4, -0.2) is 41.0 Å². The minimum Gasteiger partial charge on any atom is -0.480 e. The molecule has 110 valence electrons. The Bertz CT molecular complexity index is 331. The molecule has 3 atom stereocenters. The third kappa shape index (κ3) is 4.20. The summed E-state index contributed by atoms with van der Waals surface area (Å²) in [5.41, 5.74) is 5.70. The number of hydrogen-bond donors (Lipinski definition) is 2. The van der Waals surface area contributed by atoms with Crippen molar-refractivity contribution in [1.82, 2.24) is 4.90 Å². The van der Waals surface area contributed by atoms with Crippen molar-refractivity contribution in [3.63, 3.8) is 0 Å². The summed E-state index contributed by atoms with van der Waals surface area (Å²) in [4.78, 5) is 25.0. The van der Waals surface area contributed by atoms with Crippen LogP contribution < -0.4 is 5.73 Å². The minimum absolute atomic E-state index is 0.0304. The number of amides is 1. The van der Waals surface area contributed by atoms with Gasteiger partial charge in [0.05, 0.1) is 0 Å². The first kappa shape index (κ1) is 16.0. The zero-order chi connectivity index (χ0) is 14.6. The van der Waals surface area contributed by atoms with Gasteiger partial charge in [0.2, 0.25) is 5.91 Å². The lowest BCUT2D eigenvalue weighted by Gasteiger charge is -2.26. The van der Waals surface area contributed by atoms with Crippen molar-refractivity contribution in [2.75, 3.05) is 13.1 Å². The Morgan fingerprint density at radius 2 is 2.05 bits per heavy atom. The predicted octanol–water partition coefficient (Wildman–Crippen LogP) is 1.32. The molecule has 1 aliphatic heterocycles. The number of likely N-dealkylation sites (tertiary alicyclic amines) is 1. The standard InChI is InChI=1S/C14H26N2O3/c1-9(2)6-11(8-15)7-12(17)16-5-4-10(3)13(16)14(18)19/h9-11,13H,4-8,15H2,1-3H3,(H,18,19)/t10?,11-,13?/m0/s1. The average Bonchev–Trinajstić information content (AvgIpc) is 2.69. The van der Waals surface area contributed by atoms with Gasteiger partial charge in [-0.2, -0.15) is 0 Å². The molecule has 19 heavy (non-hydrogen) atoms. The largest absolute Gasteiger partial charge is 0.480 e. The van der Waals surface area contributed by atoms with Crippen molar-refractivity contribution in [3.05, 3.63) is 0 Å². The van der Waals surface area contributed by atoms with Gasteiger partial charge < -0.3 is 15.7 Å². The van der Waals surface area contributed by atoms with Gasteiger partial charge in [-0.3, -0.25) is 4.79 Å². The average molecular weight is 270 g/mol. The van der Waals surface area contributed by atoms with Crippen molar-refractivity contribution in [3.8, 4) is 0 Å². The van der Waals surface area contributed by atoms with Crippen LogP contribution in [-0.2, 0) is 9.59 Å². The summed E-state index contributed by atoms with van der Waals surface area (Å²) in [6, 6.07) is -0.662. The number of nitrogens with two attached hydrogens (primary N) is 1. The summed E-state index contributed by atoms with van der Waals surface area (Å²) in [5.74, 6) is -0.283. The molecule has 1 fully saturated rings. The molecule has 1 aliphatic rings. The van der Waals surface area contributed by atoms with Crippen LogP contribution in [0, 0.1) is 17.8 Å². The normalized spacial score (nSPS) is 24.8. The lowest BCUT2D eigenvalue weighted by molar-refractivity contribution is -0.149. The van der Waals surface area contributed by atoms with E-state index in [1.165, 1.54) is 4.90 Å². The molecule has 0 aromatic carbocycles. The number of carbonyl (C=O) groups excluding carboxylic acids is 1. The van der Waals surface area contributed by atoms with Crippen LogP contribution in [0.3, 0.4) is 0 Å². The zero-order valence-electron chi connectivity index (χ0n) is 12.1. The topological polar surface area (TPSA) is 83.6 Å². The maximum atomic E-state index is 12.3. The summed E-state index contributed by atoms with van der Waals surface area (Å²) >= 11 is 0. The number of aliphatic carboxylic acids is 1. The zero-order valence-corrected chi connectivity index (χ0v) is 12.1. The van der Waals surface area contributed by atoms with E-state index in [4.69, 9.17) is 5.73 Å². The molecule has 0 aromatic heterocycles. The predicted molar refractivity (Wildman–Crippen MR) is 73.5 cm³/mol. The van der Waals surface area contributed by atoms with Crippen molar-refractivity contribution < 1.29 is 14.7 Å². The number of rotatable bonds is 6. The summed E-state index contributed by atoms with van der Waals surface area (Å²) < 4.78 is 0. The third-order valence-electron chi connectivity index (χ3n) is 3.87. The number of carboxylic acid groups (broad SMARTS) is 1. The molecule has 2 unspecified atom stereocenters. The molecule has 0 bridgehead atoms. The number of carbonyl (C=O) groups is 2. The van der Waals surface area contributed by atoms with Crippen molar-refractivity contribution in [1.29, 1.82) is 0 Å². The highest BCUT2D eigenvalue weighted by atomic mass is 16.4. The SMILES string of the molecule is CC(C)C[C@H](CN)CC(=O)N1CCC(C)C1C(=O)O. The van der Waals surface area contributed by atoms with Gasteiger partial charge in [0.25, 0.3) is 0 Å². The fraction of sp³-hybridized carbons (Fsp3) is 0.857. The highest BCUT2D eigenvalue weighted by Gasteiger charge is 2.39. The van der Waals surface area contributed by atoms with Crippen LogP contribution in [0.2, 0.25) is 0 Å². The highest BCUT2D eigenvalue weighted by molar-refractivity contribution is 5.84. The van der Waals surface area contributed by atoms with Crippen molar-refractivity contribution >= 4 is 11.9 Å². The van der Waals surface area contributed by atoms with E-state index in [1.807, 2.05) is 6.92 Å². The van der Waals surface area contributed by atoms with Gasteiger partial charge in [-0.05, 0) is 37.1 Å². The molecule has 1 amide bonds. The lowest BCUT2D eigenvalue weighted by atomic mass is 9.93. The fourth-order valence-electron chi connectivity index (χ4n) is 2.90. The van der Waals surface area contributed by atoms with Crippen LogP contribution in [0.1, 0.15) is 40.0 Å². The van der Waals surface area contributed by atoms with Gasteiger partial charge in [-0.15, -0.1) is 0 Å². The Morgan fingerprint density at radius 1 is 1.42 bits per heavy atom. The van der Waals surface area contributed by atoms with Crippen LogP contribution in [0.15, 0.2) is 0 Å². The maximum Gasteiger partial charge on any atom is 0.326 e. The van der Waals surface area contributed by atoms with E-state index in [0.29, 0.717) is 25.4 Å². The van der Waals surface area contributed by atoms with Crippen molar-refractivity contribution in [2.24, 2.45) is 23.5 Å². The first-order valence-electron chi connectivity index (χ1n) is 7.09. The quantitative estimate of drug-likeness (QED) is 0.762. The number of hydrogen-bond acceptors (Lipinski definition) is 3. The second-order valence-electron chi connectivity index (χ2n) is 6.07. The molecule has 0 aromatic rings. The molecule has 0 spiro atoms. The van der Waals surface area contributed by atoms with Gasteiger partial charge in [0, 0.05) is 13.0 Å². The Hall–Kier alpha value is -1.10. The lowest BCUT2D eigenvalue weighted by Crippen LogP contribution is -2.43. The molecule has 3 N–H and O–H groups in total. The van der Waals surface area contributed by atoms with Gasteiger partial charge >= 0.3 is 5.97 Å². The summed E-state index contributed by atoms with van der Waals surface area (Å²) in [5, 5.41) is 9.22. The number of carboxylic acids is 1. The molecule has 1 saturated heterocycles. The van der Waals surface area contributed by atoms with E-state index >= 15 is 0 Å². The van der Waals surface area contributed by atoms with E-state index in [9.17, 15) is 14.7 Å². The van der Waals surface area contributed by atoms with Gasteiger partial charge in [-0.25, -0.2) is 4.79 Å². The van der Waals surface area contributed by atoms with Crippen LogP contribution in [0.5, 0.6) is 0 Å². The summed E-state index contributed by atoms with van der Waals surface area (Å²) in [7, 11) is 0. The molecule has 1 heterocycles. The maximum absolute atomic E-state index is 12.3. The molecule has 5 nitrogen and oxygen atoms in total.